The Bertz CT molecular complexity index is 375. The molecular weight excluding hydrogens is 228 g/mol. The molecule has 1 aliphatic heterocycles. The highest BCUT2D eigenvalue weighted by atomic mass is 16.3. The van der Waals surface area contributed by atoms with E-state index in [1.807, 2.05) is 12.1 Å². The predicted octanol–water partition coefficient (Wildman–Crippen LogP) is 2.19. The Morgan fingerprint density at radius 1 is 1.61 bits per heavy atom. The molecule has 0 spiro atoms. The van der Waals surface area contributed by atoms with Crippen LogP contribution in [0.3, 0.4) is 0 Å². The summed E-state index contributed by atoms with van der Waals surface area (Å²) in [5, 5.41) is 2.67. The van der Waals surface area contributed by atoms with Crippen molar-refractivity contribution in [1.82, 2.24) is 10.2 Å². The molecule has 0 bridgehead atoms. The van der Waals surface area contributed by atoms with Crippen LogP contribution in [0.15, 0.2) is 22.8 Å². The molecule has 4 nitrogen and oxygen atoms in total. The average Bonchev–Trinajstić information content (AvgIpc) is 2.90. The first kappa shape index (κ1) is 13.1. The van der Waals surface area contributed by atoms with Crippen molar-refractivity contribution < 1.29 is 9.21 Å². The average molecular weight is 250 g/mol. The summed E-state index contributed by atoms with van der Waals surface area (Å²) in [5.74, 6) is 1.85. The third kappa shape index (κ3) is 3.13. The maximum absolute atomic E-state index is 11.4. The second-order valence-electron chi connectivity index (χ2n) is 5.12. The van der Waals surface area contributed by atoms with E-state index in [1.165, 1.54) is 6.42 Å². The number of piperidine rings is 1. The van der Waals surface area contributed by atoms with Gasteiger partial charge in [0.25, 0.3) is 0 Å². The third-order valence-corrected chi connectivity index (χ3v) is 3.75. The number of rotatable bonds is 4. The minimum Gasteiger partial charge on any atom is -0.468 e. The molecule has 1 fully saturated rings. The predicted molar refractivity (Wildman–Crippen MR) is 70.1 cm³/mol. The van der Waals surface area contributed by atoms with Gasteiger partial charge in [0.05, 0.1) is 12.3 Å². The van der Waals surface area contributed by atoms with Gasteiger partial charge in [-0.25, -0.2) is 0 Å². The molecule has 0 radical (unpaired) electrons. The van der Waals surface area contributed by atoms with Crippen molar-refractivity contribution in [2.24, 2.45) is 5.92 Å². The number of furan rings is 1. The van der Waals surface area contributed by atoms with Crippen molar-refractivity contribution in [3.8, 4) is 0 Å². The summed E-state index contributed by atoms with van der Waals surface area (Å²) in [6, 6.07) is 4.30. The van der Waals surface area contributed by atoms with Gasteiger partial charge in [-0.2, -0.15) is 0 Å². The molecule has 1 amide bonds. The molecule has 0 unspecified atom stereocenters. The van der Waals surface area contributed by atoms with E-state index in [-0.39, 0.29) is 5.91 Å². The normalized spacial score (nSPS) is 25.0. The van der Waals surface area contributed by atoms with E-state index in [0.717, 1.165) is 31.2 Å². The number of hydrogen-bond donors (Lipinski definition) is 1. The zero-order valence-electron chi connectivity index (χ0n) is 11.2. The van der Waals surface area contributed by atoms with Crippen molar-refractivity contribution in [3.63, 3.8) is 0 Å². The van der Waals surface area contributed by atoms with Gasteiger partial charge in [0.1, 0.15) is 5.76 Å². The summed E-state index contributed by atoms with van der Waals surface area (Å²) in [5.41, 5.74) is 0. The fourth-order valence-electron chi connectivity index (χ4n) is 2.60. The van der Waals surface area contributed by atoms with Crippen molar-refractivity contribution in [1.29, 1.82) is 0 Å². The van der Waals surface area contributed by atoms with Crippen LogP contribution in [0.1, 0.15) is 38.0 Å². The molecule has 4 heteroatoms. The maximum atomic E-state index is 11.4. The lowest BCUT2D eigenvalue weighted by Gasteiger charge is -2.37. The number of carbonyl (C=O) groups is 1. The first-order chi connectivity index (χ1) is 8.70. The van der Waals surface area contributed by atoms with Crippen molar-refractivity contribution in [2.45, 2.75) is 32.2 Å². The molecule has 0 aromatic carbocycles. The van der Waals surface area contributed by atoms with Crippen LogP contribution in [0.5, 0.6) is 0 Å². The quantitative estimate of drug-likeness (QED) is 0.891. The van der Waals surface area contributed by atoms with E-state index in [2.05, 4.69) is 17.1 Å². The fourth-order valence-corrected chi connectivity index (χ4v) is 2.60. The molecule has 0 saturated carbocycles. The van der Waals surface area contributed by atoms with Crippen LogP contribution < -0.4 is 5.32 Å². The van der Waals surface area contributed by atoms with Crippen molar-refractivity contribution in [2.75, 3.05) is 20.1 Å². The minimum absolute atomic E-state index is 0.104. The van der Waals surface area contributed by atoms with Gasteiger partial charge in [0.15, 0.2) is 0 Å². The first-order valence-electron chi connectivity index (χ1n) is 6.68. The van der Waals surface area contributed by atoms with Crippen LogP contribution in [0.4, 0.5) is 0 Å². The molecule has 2 rings (SSSR count). The van der Waals surface area contributed by atoms with Crippen molar-refractivity contribution >= 4 is 5.91 Å². The summed E-state index contributed by atoms with van der Waals surface area (Å²) in [6.45, 7) is 4.13. The topological polar surface area (TPSA) is 45.5 Å². The van der Waals surface area contributed by atoms with Crippen molar-refractivity contribution in [3.05, 3.63) is 24.2 Å². The SMILES string of the molecule is CNC(=O)CCN1CC[C@H](C)C[C@H]1c1ccco1. The molecule has 1 aromatic heterocycles. The zero-order chi connectivity index (χ0) is 13.0. The number of nitrogens with one attached hydrogen (secondary N) is 1. The van der Waals surface area contributed by atoms with Gasteiger partial charge in [-0.05, 0) is 37.4 Å². The van der Waals surface area contributed by atoms with E-state index < -0.39 is 0 Å². The van der Waals surface area contributed by atoms with Crippen LogP contribution in [-0.2, 0) is 4.79 Å². The van der Waals surface area contributed by atoms with E-state index >= 15 is 0 Å². The van der Waals surface area contributed by atoms with Crippen LogP contribution in [0.25, 0.3) is 0 Å². The molecule has 100 valence electrons. The zero-order valence-corrected chi connectivity index (χ0v) is 11.2. The molecule has 1 saturated heterocycles. The Morgan fingerprint density at radius 3 is 3.11 bits per heavy atom. The molecule has 1 N–H and O–H groups in total. The lowest BCUT2D eigenvalue weighted by Crippen LogP contribution is -2.38. The molecule has 1 aromatic rings. The standard InChI is InChI=1S/C14H22N2O2/c1-11-5-7-16(8-6-14(17)15-2)12(10-11)13-4-3-9-18-13/h3-4,9,11-12H,5-8,10H2,1-2H3,(H,15,17)/t11-,12-/m0/s1. The third-order valence-electron chi connectivity index (χ3n) is 3.75. The van der Waals surface area contributed by atoms with Gasteiger partial charge in [-0.3, -0.25) is 9.69 Å². The largest absolute Gasteiger partial charge is 0.468 e. The van der Waals surface area contributed by atoms with E-state index in [1.54, 1.807) is 13.3 Å². The Balaban J connectivity index is 2.00. The number of hydrogen-bond acceptors (Lipinski definition) is 3. The van der Waals surface area contributed by atoms with Gasteiger partial charge in [0.2, 0.25) is 5.91 Å². The van der Waals surface area contributed by atoms with Crippen LogP contribution in [0, 0.1) is 5.92 Å². The molecule has 0 aliphatic carbocycles. The second-order valence-corrected chi connectivity index (χ2v) is 5.12. The summed E-state index contributed by atoms with van der Waals surface area (Å²) in [7, 11) is 1.69. The number of carbonyl (C=O) groups excluding carboxylic acids is 1. The second kappa shape index (κ2) is 6.05. The Labute approximate surface area is 108 Å². The summed E-state index contributed by atoms with van der Waals surface area (Å²) in [4.78, 5) is 13.7. The van der Waals surface area contributed by atoms with Gasteiger partial charge in [-0.15, -0.1) is 0 Å². The highest BCUT2D eigenvalue weighted by molar-refractivity contribution is 5.75. The Kier molecular flexibility index (Phi) is 4.42. The molecule has 1 aliphatic rings. The van der Waals surface area contributed by atoms with E-state index in [0.29, 0.717) is 12.5 Å². The summed E-state index contributed by atoms with van der Waals surface area (Å²) in [6.07, 6.45) is 4.60. The van der Waals surface area contributed by atoms with Gasteiger partial charge >= 0.3 is 0 Å². The van der Waals surface area contributed by atoms with Gasteiger partial charge in [-0.1, -0.05) is 6.92 Å². The Morgan fingerprint density at radius 2 is 2.44 bits per heavy atom. The number of amides is 1. The highest BCUT2D eigenvalue weighted by Crippen LogP contribution is 2.34. The van der Waals surface area contributed by atoms with Gasteiger partial charge in [0, 0.05) is 20.0 Å². The lowest BCUT2D eigenvalue weighted by molar-refractivity contribution is -0.121. The Hall–Kier alpha value is -1.29. The van der Waals surface area contributed by atoms with Gasteiger partial charge < -0.3 is 9.73 Å². The molecule has 18 heavy (non-hydrogen) atoms. The van der Waals surface area contributed by atoms with E-state index in [9.17, 15) is 4.79 Å². The first-order valence-corrected chi connectivity index (χ1v) is 6.68. The smallest absolute Gasteiger partial charge is 0.221 e. The van der Waals surface area contributed by atoms with Crippen LogP contribution >= 0.6 is 0 Å². The van der Waals surface area contributed by atoms with Crippen LogP contribution in [0.2, 0.25) is 0 Å². The maximum Gasteiger partial charge on any atom is 0.221 e. The highest BCUT2D eigenvalue weighted by Gasteiger charge is 2.29. The molecule has 2 heterocycles. The van der Waals surface area contributed by atoms with Crippen LogP contribution in [-0.4, -0.2) is 30.9 Å². The summed E-state index contributed by atoms with van der Waals surface area (Å²) >= 11 is 0. The lowest BCUT2D eigenvalue weighted by atomic mass is 9.91. The molecular formula is C14H22N2O2. The van der Waals surface area contributed by atoms with E-state index in [4.69, 9.17) is 4.42 Å². The fraction of sp³-hybridized carbons (Fsp3) is 0.643. The summed E-state index contributed by atoms with van der Waals surface area (Å²) < 4.78 is 5.54. The number of likely N-dealkylation sites (tertiary alicyclic amines) is 1. The minimum atomic E-state index is 0.104. The number of nitrogens with zero attached hydrogens (tertiary/aromatic N) is 1. The monoisotopic (exact) mass is 250 g/mol. The molecule has 2 atom stereocenters.